The lowest BCUT2D eigenvalue weighted by atomic mass is 10.4. The molecule has 0 aromatic heterocycles. The minimum atomic E-state index is -0.290. The third-order valence-corrected chi connectivity index (χ3v) is 2.41. The van der Waals surface area contributed by atoms with Gasteiger partial charge in [0, 0.05) is 52.4 Å². The van der Waals surface area contributed by atoms with Crippen molar-refractivity contribution in [1.82, 2.24) is 21.3 Å². The Morgan fingerprint density at radius 1 is 0.591 bits per heavy atom. The number of nitrogens with one attached hydrogen (secondary N) is 4. The van der Waals surface area contributed by atoms with Crippen molar-refractivity contribution in [3.8, 4) is 0 Å². The molecule has 2 unspecified atom stereocenters. The maximum Gasteiger partial charge on any atom is 0.0636 e. The average molecular weight is 324 g/mol. The maximum atomic E-state index is 8.87. The molecule has 0 amide bonds. The first kappa shape index (κ1) is 23.9. The standard InChI is InChI=1S/C8H20N2O2.C6H16N2O2/c1-7(11)5-9-3-4-10-6-8(2)12;9-5-3-7-1-2-8-4-6-10/h7-12H,3-6H2,1-2H3;7-10H,1-6H2. The molecular weight excluding hydrogens is 288 g/mol. The molecule has 136 valence electrons. The van der Waals surface area contributed by atoms with Gasteiger partial charge >= 0.3 is 0 Å². The Morgan fingerprint density at radius 3 is 1.18 bits per heavy atom. The van der Waals surface area contributed by atoms with Crippen LogP contribution in [0.4, 0.5) is 0 Å². The van der Waals surface area contributed by atoms with Crippen LogP contribution in [0.15, 0.2) is 0 Å². The van der Waals surface area contributed by atoms with Crippen LogP contribution in [0.2, 0.25) is 0 Å². The van der Waals surface area contributed by atoms with E-state index in [2.05, 4.69) is 21.3 Å². The Kier molecular flexibility index (Phi) is 22.5. The van der Waals surface area contributed by atoms with Gasteiger partial charge in [-0.25, -0.2) is 0 Å². The van der Waals surface area contributed by atoms with Crippen LogP contribution in [-0.2, 0) is 0 Å². The molecular formula is C14H36N4O4. The summed E-state index contributed by atoms with van der Waals surface area (Å²) in [5.41, 5.74) is 0. The van der Waals surface area contributed by atoms with Gasteiger partial charge in [0.2, 0.25) is 0 Å². The van der Waals surface area contributed by atoms with Crippen molar-refractivity contribution >= 4 is 0 Å². The first-order chi connectivity index (χ1) is 10.5. The third-order valence-electron chi connectivity index (χ3n) is 2.41. The van der Waals surface area contributed by atoms with Gasteiger partial charge in [0.05, 0.1) is 25.4 Å². The van der Waals surface area contributed by atoms with E-state index in [1.54, 1.807) is 13.8 Å². The van der Waals surface area contributed by atoms with Crippen molar-refractivity contribution in [1.29, 1.82) is 0 Å². The lowest BCUT2D eigenvalue weighted by molar-refractivity contribution is 0.186. The van der Waals surface area contributed by atoms with Crippen molar-refractivity contribution in [2.45, 2.75) is 26.1 Å². The molecule has 0 spiro atoms. The minimum absolute atomic E-state index is 0.181. The highest BCUT2D eigenvalue weighted by molar-refractivity contribution is 4.57. The van der Waals surface area contributed by atoms with Gasteiger partial charge in [0.25, 0.3) is 0 Å². The van der Waals surface area contributed by atoms with Gasteiger partial charge < -0.3 is 41.7 Å². The highest BCUT2D eigenvalue weighted by Gasteiger charge is 1.95. The summed E-state index contributed by atoms with van der Waals surface area (Å²) in [6.07, 6.45) is -0.580. The maximum absolute atomic E-state index is 8.87. The number of aliphatic hydroxyl groups excluding tert-OH is 4. The predicted molar refractivity (Wildman–Crippen MR) is 89.0 cm³/mol. The smallest absolute Gasteiger partial charge is 0.0636 e. The second-order valence-corrected chi connectivity index (χ2v) is 5.05. The van der Waals surface area contributed by atoms with Gasteiger partial charge in [0.1, 0.15) is 0 Å². The van der Waals surface area contributed by atoms with E-state index in [-0.39, 0.29) is 25.4 Å². The number of hydrogen-bond donors (Lipinski definition) is 8. The quantitative estimate of drug-likeness (QED) is 0.160. The Bertz CT molecular complexity index is 178. The summed E-state index contributed by atoms with van der Waals surface area (Å²) in [5, 5.41) is 46.6. The molecule has 0 bridgehead atoms. The van der Waals surface area contributed by atoms with Crippen molar-refractivity contribution in [2.24, 2.45) is 0 Å². The van der Waals surface area contributed by atoms with E-state index in [1.165, 1.54) is 0 Å². The minimum Gasteiger partial charge on any atom is -0.395 e. The third kappa shape index (κ3) is 27.9. The van der Waals surface area contributed by atoms with Gasteiger partial charge in [-0.2, -0.15) is 0 Å². The first-order valence-electron chi connectivity index (χ1n) is 7.95. The topological polar surface area (TPSA) is 129 Å². The zero-order valence-corrected chi connectivity index (χ0v) is 14.0. The van der Waals surface area contributed by atoms with Crippen LogP contribution in [-0.4, -0.2) is 98.2 Å². The Labute approximate surface area is 134 Å². The monoisotopic (exact) mass is 324 g/mol. The zero-order valence-electron chi connectivity index (χ0n) is 14.0. The molecule has 0 fully saturated rings. The van der Waals surface area contributed by atoms with Gasteiger partial charge in [0.15, 0.2) is 0 Å². The van der Waals surface area contributed by atoms with Crippen molar-refractivity contribution in [3.63, 3.8) is 0 Å². The molecule has 8 heteroatoms. The fraction of sp³-hybridized carbons (Fsp3) is 1.00. The molecule has 0 heterocycles. The molecule has 0 rings (SSSR count). The molecule has 0 aliphatic carbocycles. The van der Waals surface area contributed by atoms with E-state index in [9.17, 15) is 0 Å². The highest BCUT2D eigenvalue weighted by Crippen LogP contribution is 1.75. The van der Waals surface area contributed by atoms with Crippen LogP contribution in [0.1, 0.15) is 13.8 Å². The van der Waals surface area contributed by atoms with Crippen molar-refractivity contribution in [2.75, 3.05) is 65.6 Å². The van der Waals surface area contributed by atoms with E-state index in [0.717, 1.165) is 26.2 Å². The summed E-state index contributed by atoms with van der Waals surface area (Å²) < 4.78 is 0. The van der Waals surface area contributed by atoms with Crippen LogP contribution >= 0.6 is 0 Å². The van der Waals surface area contributed by atoms with Gasteiger partial charge in [-0.3, -0.25) is 0 Å². The summed E-state index contributed by atoms with van der Waals surface area (Å²) in [6.45, 7) is 9.68. The average Bonchev–Trinajstić information content (AvgIpc) is 2.46. The molecule has 8 nitrogen and oxygen atoms in total. The van der Waals surface area contributed by atoms with E-state index in [4.69, 9.17) is 20.4 Å². The number of hydrogen-bond acceptors (Lipinski definition) is 8. The highest BCUT2D eigenvalue weighted by atomic mass is 16.3. The second-order valence-electron chi connectivity index (χ2n) is 5.05. The Hall–Kier alpha value is -0.320. The normalized spacial score (nSPS) is 13.4. The van der Waals surface area contributed by atoms with E-state index in [1.807, 2.05) is 0 Å². The molecule has 0 aliphatic heterocycles. The van der Waals surface area contributed by atoms with E-state index >= 15 is 0 Å². The SMILES string of the molecule is CC(O)CNCCNCC(C)O.OCCNCCNCCO. The zero-order chi connectivity index (χ0) is 17.1. The molecule has 0 aliphatic rings. The molecule has 0 radical (unpaired) electrons. The van der Waals surface area contributed by atoms with Crippen molar-refractivity contribution < 1.29 is 20.4 Å². The summed E-state index contributed by atoms with van der Waals surface area (Å²) in [6, 6.07) is 0. The second kappa shape index (κ2) is 20.7. The van der Waals surface area contributed by atoms with Crippen LogP contribution in [0.25, 0.3) is 0 Å². The Morgan fingerprint density at radius 2 is 0.909 bits per heavy atom. The summed E-state index contributed by atoms with van der Waals surface area (Å²) in [5.74, 6) is 0. The summed E-state index contributed by atoms with van der Waals surface area (Å²) in [7, 11) is 0. The lowest BCUT2D eigenvalue weighted by Gasteiger charge is -2.08. The molecule has 8 N–H and O–H groups in total. The fourth-order valence-electron chi connectivity index (χ4n) is 1.38. The molecule has 0 aromatic rings. The fourth-order valence-corrected chi connectivity index (χ4v) is 1.38. The summed E-state index contributed by atoms with van der Waals surface area (Å²) in [4.78, 5) is 0. The van der Waals surface area contributed by atoms with E-state index in [0.29, 0.717) is 26.2 Å². The molecule has 2 atom stereocenters. The number of rotatable bonds is 14. The molecule has 22 heavy (non-hydrogen) atoms. The first-order valence-corrected chi connectivity index (χ1v) is 7.95. The van der Waals surface area contributed by atoms with Crippen LogP contribution in [0.5, 0.6) is 0 Å². The van der Waals surface area contributed by atoms with Gasteiger partial charge in [-0.05, 0) is 13.8 Å². The van der Waals surface area contributed by atoms with E-state index < -0.39 is 0 Å². The van der Waals surface area contributed by atoms with Crippen LogP contribution in [0, 0.1) is 0 Å². The molecule has 0 saturated heterocycles. The van der Waals surface area contributed by atoms with Gasteiger partial charge in [-0.15, -0.1) is 0 Å². The summed E-state index contributed by atoms with van der Waals surface area (Å²) >= 11 is 0. The number of aliphatic hydroxyl groups is 4. The van der Waals surface area contributed by atoms with Gasteiger partial charge in [-0.1, -0.05) is 0 Å². The molecule has 0 saturated carbocycles. The Balaban J connectivity index is 0. The lowest BCUT2D eigenvalue weighted by Crippen LogP contribution is -2.34. The predicted octanol–water partition coefficient (Wildman–Crippen LogP) is -2.92. The van der Waals surface area contributed by atoms with Crippen molar-refractivity contribution in [3.05, 3.63) is 0 Å². The largest absolute Gasteiger partial charge is 0.395 e. The van der Waals surface area contributed by atoms with Crippen LogP contribution in [0.3, 0.4) is 0 Å². The molecule has 0 aromatic carbocycles. The van der Waals surface area contributed by atoms with Crippen LogP contribution < -0.4 is 21.3 Å².